The second-order valence-corrected chi connectivity index (χ2v) is 3.89. The molecule has 17 heavy (non-hydrogen) atoms. The molecule has 2 N–H and O–H groups in total. The molecule has 2 rings (SSSR count). The van der Waals surface area contributed by atoms with Crippen LogP contribution in [0.25, 0.3) is 0 Å². The Morgan fingerprint density at radius 1 is 1.12 bits per heavy atom. The highest BCUT2D eigenvalue weighted by Gasteiger charge is 2.11. The van der Waals surface area contributed by atoms with Gasteiger partial charge in [0, 0.05) is 5.69 Å². The normalized spacial score (nSPS) is 9.94. The zero-order valence-corrected chi connectivity index (χ0v) is 9.61. The summed E-state index contributed by atoms with van der Waals surface area (Å²) in [4.78, 5) is 11.9. The molecule has 0 aliphatic heterocycles. The fraction of sp³-hybridized carbons (Fsp3) is 0. The van der Waals surface area contributed by atoms with Crippen molar-refractivity contribution in [3.8, 4) is 5.75 Å². The van der Waals surface area contributed by atoms with E-state index in [1.807, 2.05) is 18.2 Å². The topological polar surface area (TPSA) is 49.3 Å². The van der Waals surface area contributed by atoms with Crippen LogP contribution in [0.15, 0.2) is 48.5 Å². The molecule has 0 radical (unpaired) electrons. The van der Waals surface area contributed by atoms with Gasteiger partial charge in [-0.25, -0.2) is 0 Å². The van der Waals surface area contributed by atoms with Gasteiger partial charge in [-0.2, -0.15) is 0 Å². The summed E-state index contributed by atoms with van der Waals surface area (Å²) in [6.07, 6.45) is 0. The Morgan fingerprint density at radius 2 is 1.82 bits per heavy atom. The smallest absolute Gasteiger partial charge is 0.257 e. The van der Waals surface area contributed by atoms with Crippen molar-refractivity contribution in [2.75, 3.05) is 5.32 Å². The third-order valence-corrected chi connectivity index (χ3v) is 2.56. The predicted molar refractivity (Wildman–Crippen MR) is 67.5 cm³/mol. The summed E-state index contributed by atoms with van der Waals surface area (Å²) in [5.74, 6) is -0.343. The number of amides is 1. The van der Waals surface area contributed by atoms with Gasteiger partial charge in [-0.15, -0.1) is 0 Å². The van der Waals surface area contributed by atoms with Gasteiger partial charge >= 0.3 is 0 Å². The standard InChI is InChI=1S/C13H10ClNO2/c14-12-7-6-10(16)8-11(12)13(17)15-9-4-2-1-3-5-9/h1-8,16H,(H,15,17). The van der Waals surface area contributed by atoms with E-state index in [1.165, 1.54) is 18.2 Å². The predicted octanol–water partition coefficient (Wildman–Crippen LogP) is 3.30. The fourth-order valence-corrected chi connectivity index (χ4v) is 1.61. The van der Waals surface area contributed by atoms with E-state index in [1.54, 1.807) is 12.1 Å². The molecule has 0 unspecified atom stereocenters. The summed E-state index contributed by atoms with van der Waals surface area (Å²) in [7, 11) is 0. The van der Waals surface area contributed by atoms with Gasteiger partial charge < -0.3 is 10.4 Å². The van der Waals surface area contributed by atoms with Gasteiger partial charge in [0.05, 0.1) is 10.6 Å². The van der Waals surface area contributed by atoms with Crippen molar-refractivity contribution in [2.24, 2.45) is 0 Å². The number of benzene rings is 2. The van der Waals surface area contributed by atoms with Crippen LogP contribution in [0, 0.1) is 0 Å². The summed E-state index contributed by atoms with van der Waals surface area (Å²) in [5.41, 5.74) is 0.924. The van der Waals surface area contributed by atoms with Crippen LogP contribution in [0.3, 0.4) is 0 Å². The Morgan fingerprint density at radius 3 is 2.53 bits per heavy atom. The van der Waals surface area contributed by atoms with Crippen LogP contribution in [-0.2, 0) is 0 Å². The maximum Gasteiger partial charge on any atom is 0.257 e. The third-order valence-electron chi connectivity index (χ3n) is 2.23. The van der Waals surface area contributed by atoms with Crippen molar-refractivity contribution in [1.82, 2.24) is 0 Å². The van der Waals surface area contributed by atoms with Gasteiger partial charge in [0.15, 0.2) is 0 Å². The number of phenolic OH excluding ortho intramolecular Hbond substituents is 1. The molecule has 0 saturated carbocycles. The van der Waals surface area contributed by atoms with E-state index in [9.17, 15) is 9.90 Å². The minimum Gasteiger partial charge on any atom is -0.508 e. The number of hydrogen-bond acceptors (Lipinski definition) is 2. The molecule has 0 spiro atoms. The lowest BCUT2D eigenvalue weighted by molar-refractivity contribution is 0.102. The van der Waals surface area contributed by atoms with Crippen molar-refractivity contribution in [3.05, 3.63) is 59.1 Å². The van der Waals surface area contributed by atoms with E-state index in [0.717, 1.165) is 0 Å². The van der Waals surface area contributed by atoms with Gasteiger partial charge in [-0.3, -0.25) is 4.79 Å². The van der Waals surface area contributed by atoms with Crippen molar-refractivity contribution in [2.45, 2.75) is 0 Å². The highest BCUT2D eigenvalue weighted by atomic mass is 35.5. The Labute approximate surface area is 104 Å². The minimum atomic E-state index is -0.350. The first-order valence-electron chi connectivity index (χ1n) is 5.02. The zero-order chi connectivity index (χ0) is 12.3. The van der Waals surface area contributed by atoms with Crippen LogP contribution in [0.1, 0.15) is 10.4 Å². The van der Waals surface area contributed by atoms with Crippen LogP contribution in [-0.4, -0.2) is 11.0 Å². The summed E-state index contributed by atoms with van der Waals surface area (Å²) in [5, 5.41) is 12.3. The molecule has 86 valence electrons. The molecule has 0 fully saturated rings. The number of anilines is 1. The quantitative estimate of drug-likeness (QED) is 0.856. The number of phenols is 1. The van der Waals surface area contributed by atoms with Gasteiger partial charge in [0.25, 0.3) is 5.91 Å². The Kier molecular flexibility index (Phi) is 3.30. The number of aromatic hydroxyl groups is 1. The van der Waals surface area contributed by atoms with E-state index in [4.69, 9.17) is 11.6 Å². The van der Waals surface area contributed by atoms with E-state index in [0.29, 0.717) is 10.7 Å². The average Bonchev–Trinajstić information content (AvgIpc) is 2.33. The molecule has 0 saturated heterocycles. The molecule has 0 aliphatic carbocycles. The summed E-state index contributed by atoms with van der Waals surface area (Å²) in [6, 6.07) is 13.3. The Bertz CT molecular complexity index is 540. The fourth-order valence-electron chi connectivity index (χ4n) is 1.41. The first-order valence-corrected chi connectivity index (χ1v) is 5.39. The second kappa shape index (κ2) is 4.89. The second-order valence-electron chi connectivity index (χ2n) is 3.48. The Balaban J connectivity index is 2.23. The Hall–Kier alpha value is -2.00. The van der Waals surface area contributed by atoms with Gasteiger partial charge in [0.2, 0.25) is 0 Å². The van der Waals surface area contributed by atoms with Crippen LogP contribution in [0.5, 0.6) is 5.75 Å². The van der Waals surface area contributed by atoms with Crippen molar-refractivity contribution in [1.29, 1.82) is 0 Å². The van der Waals surface area contributed by atoms with Crippen LogP contribution < -0.4 is 5.32 Å². The van der Waals surface area contributed by atoms with Gasteiger partial charge in [-0.05, 0) is 30.3 Å². The maximum absolute atomic E-state index is 11.9. The molecule has 4 heteroatoms. The van der Waals surface area contributed by atoms with Crippen molar-refractivity contribution >= 4 is 23.2 Å². The van der Waals surface area contributed by atoms with Crippen LogP contribution >= 0.6 is 11.6 Å². The van der Waals surface area contributed by atoms with Crippen LogP contribution in [0.4, 0.5) is 5.69 Å². The molecule has 0 bridgehead atoms. The van der Waals surface area contributed by atoms with E-state index in [-0.39, 0.29) is 17.2 Å². The highest BCUT2D eigenvalue weighted by Crippen LogP contribution is 2.22. The van der Waals surface area contributed by atoms with Crippen LogP contribution in [0.2, 0.25) is 5.02 Å². The molecule has 0 atom stereocenters. The molecular weight excluding hydrogens is 238 g/mol. The first-order chi connectivity index (χ1) is 8.16. The van der Waals surface area contributed by atoms with E-state index < -0.39 is 0 Å². The summed E-state index contributed by atoms with van der Waals surface area (Å²) < 4.78 is 0. The average molecular weight is 248 g/mol. The highest BCUT2D eigenvalue weighted by molar-refractivity contribution is 6.34. The number of carbonyl (C=O) groups excluding carboxylic acids is 1. The molecule has 3 nitrogen and oxygen atoms in total. The largest absolute Gasteiger partial charge is 0.508 e. The summed E-state index contributed by atoms with van der Waals surface area (Å²) in [6.45, 7) is 0. The molecule has 0 aliphatic rings. The minimum absolute atomic E-state index is 0.00705. The molecule has 2 aromatic rings. The number of hydrogen-bond donors (Lipinski definition) is 2. The molecule has 2 aromatic carbocycles. The van der Waals surface area contributed by atoms with Gasteiger partial charge in [0.1, 0.15) is 5.75 Å². The lowest BCUT2D eigenvalue weighted by Gasteiger charge is -2.06. The SMILES string of the molecule is O=C(Nc1ccccc1)c1cc(O)ccc1Cl. The first kappa shape index (κ1) is 11.5. The lowest BCUT2D eigenvalue weighted by atomic mass is 10.2. The number of halogens is 1. The summed E-state index contributed by atoms with van der Waals surface area (Å²) >= 11 is 5.89. The number of carbonyl (C=O) groups is 1. The monoisotopic (exact) mass is 247 g/mol. The third kappa shape index (κ3) is 2.77. The van der Waals surface area contributed by atoms with Gasteiger partial charge in [-0.1, -0.05) is 29.8 Å². The molecular formula is C13H10ClNO2. The van der Waals surface area contributed by atoms with E-state index >= 15 is 0 Å². The number of rotatable bonds is 2. The van der Waals surface area contributed by atoms with Crippen molar-refractivity contribution in [3.63, 3.8) is 0 Å². The maximum atomic E-state index is 11.9. The molecule has 1 amide bonds. The lowest BCUT2D eigenvalue weighted by Crippen LogP contribution is -2.12. The molecule has 0 heterocycles. The number of nitrogens with one attached hydrogen (secondary N) is 1. The molecule has 0 aromatic heterocycles. The van der Waals surface area contributed by atoms with Crippen molar-refractivity contribution < 1.29 is 9.90 Å². The zero-order valence-electron chi connectivity index (χ0n) is 8.85. The number of para-hydroxylation sites is 1. The van der Waals surface area contributed by atoms with E-state index in [2.05, 4.69) is 5.32 Å².